The Kier molecular flexibility index (Phi) is 6.57. The van der Waals surface area contributed by atoms with E-state index in [1.54, 1.807) is 28.8 Å². The molecule has 1 saturated heterocycles. The molecule has 0 saturated carbocycles. The molecule has 136 valence electrons. The van der Waals surface area contributed by atoms with E-state index in [2.05, 4.69) is 24.1 Å². The predicted molar refractivity (Wildman–Crippen MR) is 102 cm³/mol. The Bertz CT molecular complexity index is 780. The van der Waals surface area contributed by atoms with Crippen molar-refractivity contribution in [3.05, 3.63) is 59.9 Å². The summed E-state index contributed by atoms with van der Waals surface area (Å²) in [6.45, 7) is 5.89. The fourth-order valence-corrected chi connectivity index (χ4v) is 4.60. The molecule has 1 atom stereocenters. The van der Waals surface area contributed by atoms with Gasteiger partial charge in [0.2, 0.25) is 10.0 Å². The highest BCUT2D eigenvalue weighted by Crippen LogP contribution is 2.29. The topological polar surface area (TPSA) is 62.3 Å². The highest BCUT2D eigenvalue weighted by Gasteiger charge is 2.34. The third-order valence-electron chi connectivity index (χ3n) is 4.42. The maximum absolute atomic E-state index is 13.1. The Morgan fingerprint density at radius 3 is 2.52 bits per heavy atom. The fraction of sp³-hybridized carbons (Fsp3) is 0.389. The van der Waals surface area contributed by atoms with Crippen LogP contribution in [0.3, 0.4) is 0 Å². The van der Waals surface area contributed by atoms with Gasteiger partial charge in [-0.1, -0.05) is 32.0 Å². The molecule has 2 aromatic rings. The number of aromatic nitrogens is 1. The van der Waals surface area contributed by atoms with Crippen molar-refractivity contribution in [1.29, 1.82) is 0 Å². The summed E-state index contributed by atoms with van der Waals surface area (Å²) in [5.74, 6) is 0.379. The molecule has 1 aromatic heterocycles. The van der Waals surface area contributed by atoms with E-state index in [1.165, 1.54) is 0 Å². The lowest BCUT2D eigenvalue weighted by Gasteiger charge is -2.35. The van der Waals surface area contributed by atoms with Crippen molar-refractivity contribution in [2.24, 2.45) is 0 Å². The number of nitrogens with one attached hydrogen (secondary N) is 1. The summed E-state index contributed by atoms with van der Waals surface area (Å²) in [6.07, 6.45) is 3.44. The number of benzene rings is 1. The van der Waals surface area contributed by atoms with E-state index in [0.717, 1.165) is 11.1 Å². The van der Waals surface area contributed by atoms with Crippen molar-refractivity contribution in [3.63, 3.8) is 0 Å². The molecule has 1 aliphatic rings. The van der Waals surface area contributed by atoms with Crippen LogP contribution in [0.5, 0.6) is 0 Å². The molecule has 1 unspecified atom stereocenters. The van der Waals surface area contributed by atoms with Gasteiger partial charge in [0.05, 0.1) is 10.9 Å². The van der Waals surface area contributed by atoms with Gasteiger partial charge in [-0.05, 0) is 35.2 Å². The monoisotopic (exact) mass is 381 g/mol. The zero-order valence-electron chi connectivity index (χ0n) is 14.4. The number of nitrogens with zero attached hydrogens (tertiary/aromatic N) is 2. The summed E-state index contributed by atoms with van der Waals surface area (Å²) in [5.41, 5.74) is 2.05. The molecule has 7 heteroatoms. The maximum atomic E-state index is 13.1. The Morgan fingerprint density at radius 1 is 1.20 bits per heavy atom. The van der Waals surface area contributed by atoms with Crippen molar-refractivity contribution in [3.8, 4) is 0 Å². The second-order valence-corrected chi connectivity index (χ2v) is 8.24. The summed E-state index contributed by atoms with van der Waals surface area (Å²) >= 11 is 0. The third kappa shape index (κ3) is 4.20. The molecule has 0 radical (unpaired) electrons. The van der Waals surface area contributed by atoms with Crippen LogP contribution in [0.4, 0.5) is 0 Å². The summed E-state index contributed by atoms with van der Waals surface area (Å²) in [7, 11) is -3.54. The van der Waals surface area contributed by atoms with Gasteiger partial charge in [-0.15, -0.1) is 12.4 Å². The number of hydrogen-bond acceptors (Lipinski definition) is 4. The molecule has 0 amide bonds. The summed E-state index contributed by atoms with van der Waals surface area (Å²) < 4.78 is 27.8. The van der Waals surface area contributed by atoms with E-state index in [1.807, 2.05) is 24.3 Å². The second kappa shape index (κ2) is 8.27. The molecule has 1 N–H and O–H groups in total. The van der Waals surface area contributed by atoms with Crippen LogP contribution >= 0.6 is 12.4 Å². The normalized spacial score (nSPS) is 18.8. The molecule has 0 spiro atoms. The first-order valence-electron chi connectivity index (χ1n) is 8.22. The van der Waals surface area contributed by atoms with Crippen LogP contribution in [-0.2, 0) is 10.0 Å². The highest BCUT2D eigenvalue weighted by atomic mass is 35.5. The van der Waals surface area contributed by atoms with Crippen molar-refractivity contribution in [2.45, 2.75) is 30.7 Å². The number of hydrogen-bond donors (Lipinski definition) is 1. The van der Waals surface area contributed by atoms with E-state index in [4.69, 9.17) is 0 Å². The highest BCUT2D eigenvalue weighted by molar-refractivity contribution is 7.89. The van der Waals surface area contributed by atoms with E-state index in [0.29, 0.717) is 30.4 Å². The van der Waals surface area contributed by atoms with Crippen LogP contribution in [0.1, 0.15) is 36.9 Å². The molecule has 1 aromatic carbocycles. The van der Waals surface area contributed by atoms with Crippen molar-refractivity contribution < 1.29 is 8.42 Å². The molecule has 2 heterocycles. The van der Waals surface area contributed by atoms with Gasteiger partial charge < -0.3 is 5.32 Å². The average Bonchev–Trinajstić information content (AvgIpc) is 2.62. The smallest absolute Gasteiger partial charge is 0.243 e. The minimum absolute atomic E-state index is 0. The summed E-state index contributed by atoms with van der Waals surface area (Å²) in [6, 6.07) is 10.8. The van der Waals surface area contributed by atoms with Gasteiger partial charge in [0.15, 0.2) is 0 Å². The average molecular weight is 382 g/mol. The molecule has 1 fully saturated rings. The summed E-state index contributed by atoms with van der Waals surface area (Å²) in [5, 5.41) is 3.28. The van der Waals surface area contributed by atoms with Gasteiger partial charge in [-0.3, -0.25) is 4.98 Å². The van der Waals surface area contributed by atoms with Crippen LogP contribution in [-0.4, -0.2) is 37.3 Å². The SMILES string of the molecule is CC(C)c1ccc(S(=O)(=O)N2CCNCC2c2cccnc2)cc1.Cl. The number of halogens is 1. The fourth-order valence-electron chi connectivity index (χ4n) is 2.99. The van der Waals surface area contributed by atoms with E-state index < -0.39 is 10.0 Å². The summed E-state index contributed by atoms with van der Waals surface area (Å²) in [4.78, 5) is 4.48. The first-order chi connectivity index (χ1) is 11.5. The van der Waals surface area contributed by atoms with Gasteiger partial charge in [0.1, 0.15) is 0 Å². The zero-order valence-corrected chi connectivity index (χ0v) is 16.1. The molecular weight excluding hydrogens is 358 g/mol. The van der Waals surface area contributed by atoms with E-state index in [-0.39, 0.29) is 18.4 Å². The van der Waals surface area contributed by atoms with Gasteiger partial charge in [-0.25, -0.2) is 8.42 Å². The van der Waals surface area contributed by atoms with Crippen LogP contribution in [0, 0.1) is 0 Å². The van der Waals surface area contributed by atoms with Gasteiger partial charge in [0, 0.05) is 32.0 Å². The van der Waals surface area contributed by atoms with Crippen LogP contribution in [0.15, 0.2) is 53.7 Å². The number of piperazine rings is 1. The quantitative estimate of drug-likeness (QED) is 0.884. The minimum atomic E-state index is -3.54. The van der Waals surface area contributed by atoms with E-state index >= 15 is 0 Å². The van der Waals surface area contributed by atoms with Crippen molar-refractivity contribution in [1.82, 2.24) is 14.6 Å². The van der Waals surface area contributed by atoms with E-state index in [9.17, 15) is 8.42 Å². The molecule has 0 bridgehead atoms. The predicted octanol–water partition coefficient (Wildman–Crippen LogP) is 2.96. The van der Waals surface area contributed by atoms with Gasteiger partial charge in [-0.2, -0.15) is 4.31 Å². The van der Waals surface area contributed by atoms with Crippen molar-refractivity contribution >= 4 is 22.4 Å². The molecule has 5 nitrogen and oxygen atoms in total. The largest absolute Gasteiger partial charge is 0.313 e. The Balaban J connectivity index is 0.00000225. The zero-order chi connectivity index (χ0) is 17.2. The molecule has 0 aliphatic carbocycles. The molecule has 25 heavy (non-hydrogen) atoms. The molecule has 1 aliphatic heterocycles. The Morgan fingerprint density at radius 2 is 1.92 bits per heavy atom. The lowest BCUT2D eigenvalue weighted by molar-refractivity contribution is 0.271. The Hall–Kier alpha value is -1.47. The van der Waals surface area contributed by atoms with Crippen LogP contribution in [0.2, 0.25) is 0 Å². The van der Waals surface area contributed by atoms with Gasteiger partial charge >= 0.3 is 0 Å². The molecular formula is C18H24ClN3O2S. The maximum Gasteiger partial charge on any atom is 0.243 e. The minimum Gasteiger partial charge on any atom is -0.313 e. The number of pyridine rings is 1. The third-order valence-corrected chi connectivity index (χ3v) is 6.34. The van der Waals surface area contributed by atoms with Gasteiger partial charge in [0.25, 0.3) is 0 Å². The standard InChI is InChI=1S/C18H23N3O2S.ClH/c1-14(2)15-5-7-17(8-6-15)24(22,23)21-11-10-20-13-18(21)16-4-3-9-19-12-16;/h3-9,12,14,18,20H,10-11,13H2,1-2H3;1H. The molecule has 3 rings (SSSR count). The van der Waals surface area contributed by atoms with Crippen LogP contribution in [0.25, 0.3) is 0 Å². The Labute approximate surface area is 155 Å². The first-order valence-corrected chi connectivity index (χ1v) is 9.66. The van der Waals surface area contributed by atoms with Crippen LogP contribution < -0.4 is 5.32 Å². The lowest BCUT2D eigenvalue weighted by atomic mass is 10.0. The first kappa shape index (κ1) is 19.8. The second-order valence-electron chi connectivity index (χ2n) is 6.35. The lowest BCUT2D eigenvalue weighted by Crippen LogP contribution is -2.48. The number of sulfonamides is 1. The van der Waals surface area contributed by atoms with Crippen molar-refractivity contribution in [2.75, 3.05) is 19.6 Å². The number of rotatable bonds is 4.